The average Bonchev–Trinajstić information content (AvgIpc) is 3.09. The van der Waals surface area contributed by atoms with E-state index in [2.05, 4.69) is 5.32 Å². The quantitative estimate of drug-likeness (QED) is 0.312. The van der Waals surface area contributed by atoms with Crippen LogP contribution in [-0.4, -0.2) is 15.4 Å². The SMILES string of the molecule is Cn1c(C(=O)Nc2cccc(-c3ccccc3C(F)(F)F)c2)cc2ccc([N+](=O)[O-])cc21. The van der Waals surface area contributed by atoms with Crippen LogP contribution in [0.3, 0.4) is 0 Å². The van der Waals surface area contributed by atoms with Crippen molar-refractivity contribution in [2.24, 2.45) is 7.05 Å². The van der Waals surface area contributed by atoms with Crippen LogP contribution in [0.5, 0.6) is 0 Å². The number of alkyl halides is 3. The van der Waals surface area contributed by atoms with Crippen LogP contribution in [0.15, 0.2) is 72.8 Å². The number of fused-ring (bicyclic) bond motifs is 1. The van der Waals surface area contributed by atoms with Gasteiger partial charge in [-0.15, -0.1) is 0 Å². The van der Waals surface area contributed by atoms with Crippen molar-refractivity contribution in [1.29, 1.82) is 0 Å². The van der Waals surface area contributed by atoms with Gasteiger partial charge in [0.05, 0.1) is 16.0 Å². The summed E-state index contributed by atoms with van der Waals surface area (Å²) in [5.74, 6) is -0.493. The Labute approximate surface area is 180 Å². The zero-order valence-corrected chi connectivity index (χ0v) is 16.7. The number of carbonyl (C=O) groups excluding carboxylic acids is 1. The van der Waals surface area contributed by atoms with Crippen molar-refractivity contribution in [2.45, 2.75) is 6.18 Å². The van der Waals surface area contributed by atoms with Gasteiger partial charge in [0.2, 0.25) is 0 Å². The molecule has 6 nitrogen and oxygen atoms in total. The lowest BCUT2D eigenvalue weighted by Gasteiger charge is -2.14. The van der Waals surface area contributed by atoms with Crippen LogP contribution in [0.1, 0.15) is 16.1 Å². The van der Waals surface area contributed by atoms with Crippen LogP contribution < -0.4 is 5.32 Å². The predicted octanol–water partition coefficient (Wildman–Crippen LogP) is 6.02. The molecule has 1 N–H and O–H groups in total. The molecule has 0 spiro atoms. The first kappa shape index (κ1) is 21.1. The number of hydrogen-bond acceptors (Lipinski definition) is 3. The molecule has 0 aliphatic carbocycles. The summed E-state index contributed by atoms with van der Waals surface area (Å²) >= 11 is 0. The molecule has 32 heavy (non-hydrogen) atoms. The first-order chi connectivity index (χ1) is 15.1. The Hall–Kier alpha value is -4.14. The van der Waals surface area contributed by atoms with Crippen LogP contribution >= 0.6 is 0 Å². The van der Waals surface area contributed by atoms with Crippen LogP contribution in [0.2, 0.25) is 0 Å². The van der Waals surface area contributed by atoms with Gasteiger partial charge in [0.25, 0.3) is 11.6 Å². The van der Waals surface area contributed by atoms with E-state index < -0.39 is 22.6 Å². The van der Waals surface area contributed by atoms with E-state index in [1.54, 1.807) is 31.3 Å². The highest BCUT2D eigenvalue weighted by Crippen LogP contribution is 2.37. The van der Waals surface area contributed by atoms with Crippen LogP contribution in [0.4, 0.5) is 24.5 Å². The van der Waals surface area contributed by atoms with Crippen LogP contribution in [0.25, 0.3) is 22.0 Å². The van der Waals surface area contributed by atoms with E-state index in [9.17, 15) is 28.1 Å². The maximum atomic E-state index is 13.4. The van der Waals surface area contributed by atoms with Crippen LogP contribution in [-0.2, 0) is 13.2 Å². The number of nitrogens with zero attached hydrogens (tertiary/aromatic N) is 2. The maximum absolute atomic E-state index is 13.4. The van der Waals surface area contributed by atoms with E-state index >= 15 is 0 Å². The Bertz CT molecular complexity index is 1360. The van der Waals surface area contributed by atoms with Gasteiger partial charge in [-0.2, -0.15) is 13.2 Å². The van der Waals surface area contributed by atoms with Crippen molar-refractivity contribution >= 4 is 28.2 Å². The number of anilines is 1. The Morgan fingerprint density at radius 2 is 1.75 bits per heavy atom. The number of aryl methyl sites for hydroxylation is 1. The second-order valence-corrected chi connectivity index (χ2v) is 7.17. The standard InChI is InChI=1S/C23H16F3N3O3/c1-28-20-13-17(29(31)32)10-9-15(20)12-21(28)22(30)27-16-6-4-5-14(11-16)18-7-2-3-8-19(18)23(24,25)26/h2-13H,1H3,(H,27,30). The maximum Gasteiger partial charge on any atom is 0.417 e. The van der Waals surface area contributed by atoms with Crippen molar-refractivity contribution in [2.75, 3.05) is 5.32 Å². The number of amides is 1. The molecule has 0 aliphatic rings. The van der Waals surface area contributed by atoms with Gasteiger partial charge in [-0.1, -0.05) is 30.3 Å². The molecule has 0 fully saturated rings. The number of rotatable bonds is 4. The lowest BCUT2D eigenvalue weighted by Crippen LogP contribution is -2.15. The minimum absolute atomic E-state index is 0.00742. The fourth-order valence-corrected chi connectivity index (χ4v) is 3.59. The normalized spacial score (nSPS) is 11.5. The summed E-state index contributed by atoms with van der Waals surface area (Å²) in [6, 6.07) is 17.2. The fourth-order valence-electron chi connectivity index (χ4n) is 3.59. The number of carbonyl (C=O) groups is 1. The third-order valence-corrected chi connectivity index (χ3v) is 5.14. The Morgan fingerprint density at radius 1 is 1.00 bits per heavy atom. The molecule has 0 saturated carbocycles. The molecule has 0 radical (unpaired) electrons. The summed E-state index contributed by atoms with van der Waals surface area (Å²) in [5, 5.41) is 14.4. The van der Waals surface area contributed by atoms with Crippen LogP contribution in [0, 0.1) is 10.1 Å². The highest BCUT2D eigenvalue weighted by Gasteiger charge is 2.33. The van der Waals surface area contributed by atoms with Crippen molar-refractivity contribution in [3.8, 4) is 11.1 Å². The molecular weight excluding hydrogens is 423 g/mol. The smallest absolute Gasteiger partial charge is 0.339 e. The van der Waals surface area contributed by atoms with Crippen molar-refractivity contribution < 1.29 is 22.9 Å². The summed E-state index contributed by atoms with van der Waals surface area (Å²) in [6.07, 6.45) is -4.51. The summed E-state index contributed by atoms with van der Waals surface area (Å²) in [4.78, 5) is 23.4. The Kier molecular flexibility index (Phi) is 5.17. The number of hydrogen-bond donors (Lipinski definition) is 1. The van der Waals surface area contributed by atoms with E-state index in [1.807, 2.05) is 0 Å². The summed E-state index contributed by atoms with van der Waals surface area (Å²) in [6.45, 7) is 0. The second-order valence-electron chi connectivity index (χ2n) is 7.17. The zero-order valence-electron chi connectivity index (χ0n) is 16.7. The molecule has 1 heterocycles. The predicted molar refractivity (Wildman–Crippen MR) is 114 cm³/mol. The number of halogens is 3. The second kappa shape index (κ2) is 7.84. The average molecular weight is 439 g/mol. The molecule has 162 valence electrons. The number of aromatic nitrogens is 1. The number of non-ortho nitro benzene ring substituents is 1. The Balaban J connectivity index is 1.66. The van der Waals surface area contributed by atoms with Gasteiger partial charge in [0.15, 0.2) is 0 Å². The molecule has 0 aliphatic heterocycles. The van der Waals surface area contributed by atoms with E-state index in [0.717, 1.165) is 6.07 Å². The number of nitro benzene ring substituents is 1. The van der Waals surface area contributed by atoms with Crippen molar-refractivity contribution in [1.82, 2.24) is 4.57 Å². The highest BCUT2D eigenvalue weighted by molar-refractivity contribution is 6.06. The van der Waals surface area contributed by atoms with E-state index in [0.29, 0.717) is 22.2 Å². The van der Waals surface area contributed by atoms with E-state index in [4.69, 9.17) is 0 Å². The largest absolute Gasteiger partial charge is 0.417 e. The molecule has 3 aromatic carbocycles. The number of nitro groups is 1. The number of benzene rings is 3. The van der Waals surface area contributed by atoms with E-state index in [1.165, 1.54) is 47.0 Å². The highest BCUT2D eigenvalue weighted by atomic mass is 19.4. The van der Waals surface area contributed by atoms with Gasteiger partial charge in [-0.3, -0.25) is 14.9 Å². The summed E-state index contributed by atoms with van der Waals surface area (Å²) in [5.41, 5.74) is 0.538. The third kappa shape index (κ3) is 3.92. The monoisotopic (exact) mass is 439 g/mol. The lowest BCUT2D eigenvalue weighted by atomic mass is 9.99. The summed E-state index contributed by atoms with van der Waals surface area (Å²) in [7, 11) is 1.61. The van der Waals surface area contributed by atoms with Gasteiger partial charge < -0.3 is 9.88 Å². The molecule has 0 atom stereocenters. The van der Waals surface area contributed by atoms with Gasteiger partial charge in [0.1, 0.15) is 5.69 Å². The molecule has 0 unspecified atom stereocenters. The molecule has 4 aromatic rings. The molecule has 1 aromatic heterocycles. The molecule has 1 amide bonds. The first-order valence-electron chi connectivity index (χ1n) is 9.47. The van der Waals surface area contributed by atoms with Gasteiger partial charge >= 0.3 is 6.18 Å². The molecule has 0 saturated heterocycles. The Morgan fingerprint density at radius 3 is 2.47 bits per heavy atom. The van der Waals surface area contributed by atoms with E-state index in [-0.39, 0.29) is 16.9 Å². The van der Waals surface area contributed by atoms with Crippen molar-refractivity contribution in [3.63, 3.8) is 0 Å². The number of nitrogens with one attached hydrogen (secondary N) is 1. The first-order valence-corrected chi connectivity index (χ1v) is 9.47. The minimum atomic E-state index is -4.51. The molecule has 0 bridgehead atoms. The van der Waals surface area contributed by atoms with Gasteiger partial charge in [-0.25, -0.2) is 0 Å². The molecular formula is C23H16F3N3O3. The molecule has 4 rings (SSSR count). The summed E-state index contributed by atoms with van der Waals surface area (Å²) < 4.78 is 41.7. The van der Waals surface area contributed by atoms with Gasteiger partial charge in [0, 0.05) is 30.3 Å². The van der Waals surface area contributed by atoms with Crippen molar-refractivity contribution in [3.05, 3.63) is 94.2 Å². The minimum Gasteiger partial charge on any atom is -0.339 e. The third-order valence-electron chi connectivity index (χ3n) is 5.14. The zero-order chi connectivity index (χ0) is 23.0. The van der Waals surface area contributed by atoms with Gasteiger partial charge in [-0.05, 0) is 41.5 Å². The molecule has 9 heteroatoms. The lowest BCUT2D eigenvalue weighted by molar-refractivity contribution is -0.384. The topological polar surface area (TPSA) is 77.2 Å². The fraction of sp³-hybridized carbons (Fsp3) is 0.0870.